The van der Waals surface area contributed by atoms with E-state index in [1.807, 2.05) is 18.2 Å². The van der Waals surface area contributed by atoms with Crippen molar-refractivity contribution in [3.63, 3.8) is 0 Å². The summed E-state index contributed by atoms with van der Waals surface area (Å²) in [5.74, 6) is 5.52. The number of hydrogen-bond donors (Lipinski definition) is 2. The van der Waals surface area contributed by atoms with Gasteiger partial charge in [-0.25, -0.2) is 10.4 Å². The Morgan fingerprint density at radius 1 is 1.29 bits per heavy atom. The third-order valence-electron chi connectivity index (χ3n) is 3.30. The van der Waals surface area contributed by atoms with E-state index in [0.717, 1.165) is 16.7 Å². The molecule has 4 nitrogen and oxygen atoms in total. The van der Waals surface area contributed by atoms with Crippen LogP contribution in [0.5, 0.6) is 0 Å². The van der Waals surface area contributed by atoms with Crippen LogP contribution in [0.25, 0.3) is 0 Å². The molecule has 0 saturated carbocycles. The maximum absolute atomic E-state index is 12.6. The molecule has 8 heteroatoms. The van der Waals surface area contributed by atoms with Gasteiger partial charge < -0.3 is 4.74 Å². The highest BCUT2D eigenvalue weighted by atomic mass is 32.1. The first kappa shape index (κ1) is 14.5. The smallest absolute Gasteiger partial charge is 0.372 e. The molecular formula is C13H12F3N3OS. The first-order valence-corrected chi connectivity index (χ1v) is 6.99. The van der Waals surface area contributed by atoms with Crippen LogP contribution >= 0.6 is 11.3 Å². The molecule has 3 rings (SSSR count). The van der Waals surface area contributed by atoms with Crippen molar-refractivity contribution in [2.45, 2.75) is 25.4 Å². The van der Waals surface area contributed by atoms with Crippen LogP contribution in [-0.4, -0.2) is 4.98 Å². The number of hydrazine groups is 1. The van der Waals surface area contributed by atoms with Crippen molar-refractivity contribution in [2.24, 2.45) is 5.84 Å². The van der Waals surface area contributed by atoms with Crippen molar-refractivity contribution in [3.05, 3.63) is 51.0 Å². The van der Waals surface area contributed by atoms with Crippen molar-refractivity contribution >= 4 is 11.3 Å². The first-order chi connectivity index (χ1) is 9.99. The fourth-order valence-corrected chi connectivity index (χ4v) is 3.14. The third-order valence-corrected chi connectivity index (χ3v) is 4.40. The van der Waals surface area contributed by atoms with Crippen LogP contribution in [0, 0.1) is 0 Å². The predicted molar refractivity (Wildman–Crippen MR) is 71.2 cm³/mol. The maximum atomic E-state index is 12.6. The van der Waals surface area contributed by atoms with Crippen LogP contribution < -0.4 is 11.3 Å². The summed E-state index contributed by atoms with van der Waals surface area (Å²) in [6, 6.07) is 5.13. The van der Waals surface area contributed by atoms with Gasteiger partial charge in [0.15, 0.2) is 5.01 Å². The van der Waals surface area contributed by atoms with Gasteiger partial charge in [-0.3, -0.25) is 5.84 Å². The van der Waals surface area contributed by atoms with Gasteiger partial charge >= 0.3 is 6.18 Å². The average molecular weight is 315 g/mol. The van der Waals surface area contributed by atoms with Gasteiger partial charge in [-0.15, -0.1) is 11.3 Å². The van der Waals surface area contributed by atoms with E-state index in [-0.39, 0.29) is 0 Å². The lowest BCUT2D eigenvalue weighted by atomic mass is 10.0. The van der Waals surface area contributed by atoms with Gasteiger partial charge in [0.1, 0.15) is 0 Å². The molecule has 1 aromatic heterocycles. The van der Waals surface area contributed by atoms with E-state index in [1.54, 1.807) is 0 Å². The lowest BCUT2D eigenvalue weighted by molar-refractivity contribution is -0.137. The molecule has 3 N–H and O–H groups in total. The standard InChI is InChI=1S/C13H12F3N3OS/c14-13(15,16)12-18-4-10(21-12)11(19-17)7-1-2-8-5-20-6-9(8)3-7/h1-4,11,19H,5-6,17H2. The number of aromatic nitrogens is 1. The van der Waals surface area contributed by atoms with Crippen LogP contribution in [0.1, 0.15) is 32.6 Å². The zero-order valence-corrected chi connectivity index (χ0v) is 11.6. The minimum absolute atomic E-state index is 0.420. The second-order valence-electron chi connectivity index (χ2n) is 4.69. The number of alkyl halides is 3. The van der Waals surface area contributed by atoms with E-state index in [1.165, 1.54) is 6.20 Å². The van der Waals surface area contributed by atoms with Gasteiger partial charge in [-0.1, -0.05) is 18.2 Å². The molecule has 0 radical (unpaired) electrons. The Hall–Kier alpha value is -1.48. The predicted octanol–water partition coefficient (Wildman–Crippen LogP) is 2.74. The van der Waals surface area contributed by atoms with Crippen LogP contribution in [0.4, 0.5) is 13.2 Å². The number of nitrogens with two attached hydrogens (primary N) is 1. The molecule has 112 valence electrons. The number of hydrogen-bond acceptors (Lipinski definition) is 5. The number of benzene rings is 1. The number of thiazole rings is 1. The minimum Gasteiger partial charge on any atom is -0.372 e. The van der Waals surface area contributed by atoms with E-state index in [9.17, 15) is 13.2 Å². The van der Waals surface area contributed by atoms with Crippen LogP contribution in [0.2, 0.25) is 0 Å². The molecule has 1 aliphatic heterocycles. The normalized spacial score (nSPS) is 16.0. The van der Waals surface area contributed by atoms with Gasteiger partial charge in [-0.2, -0.15) is 13.2 Å². The second kappa shape index (κ2) is 5.38. The van der Waals surface area contributed by atoms with Crippen molar-refractivity contribution in [1.29, 1.82) is 0 Å². The molecule has 21 heavy (non-hydrogen) atoms. The van der Waals surface area contributed by atoms with Crippen molar-refractivity contribution in [3.8, 4) is 0 Å². The summed E-state index contributed by atoms with van der Waals surface area (Å²) in [5, 5.41) is -0.873. The molecule has 0 aliphatic carbocycles. The van der Waals surface area contributed by atoms with Gasteiger partial charge in [0.05, 0.1) is 19.3 Å². The highest BCUT2D eigenvalue weighted by Gasteiger charge is 2.35. The molecule has 2 heterocycles. The quantitative estimate of drug-likeness (QED) is 0.675. The van der Waals surface area contributed by atoms with Gasteiger partial charge in [0, 0.05) is 11.1 Å². The van der Waals surface area contributed by atoms with Gasteiger partial charge in [-0.05, 0) is 16.7 Å². The van der Waals surface area contributed by atoms with Gasteiger partial charge in [0.25, 0.3) is 0 Å². The van der Waals surface area contributed by atoms with E-state index in [0.29, 0.717) is 29.4 Å². The number of rotatable bonds is 3. The number of halogens is 3. The topological polar surface area (TPSA) is 60.2 Å². The molecule has 1 aromatic carbocycles. The summed E-state index contributed by atoms with van der Waals surface area (Å²) < 4.78 is 43.2. The summed E-state index contributed by atoms with van der Waals surface area (Å²) >= 11 is 0.591. The number of nitrogens with one attached hydrogen (secondary N) is 1. The molecule has 0 spiro atoms. The van der Waals surface area contributed by atoms with Gasteiger partial charge in [0.2, 0.25) is 0 Å². The zero-order valence-electron chi connectivity index (χ0n) is 10.8. The maximum Gasteiger partial charge on any atom is 0.443 e. The summed E-state index contributed by atoms with van der Waals surface area (Å²) in [6.45, 7) is 1.08. The summed E-state index contributed by atoms with van der Waals surface area (Å²) in [5.41, 5.74) is 5.47. The van der Waals surface area contributed by atoms with E-state index >= 15 is 0 Å². The molecule has 1 unspecified atom stereocenters. The largest absolute Gasteiger partial charge is 0.443 e. The zero-order chi connectivity index (χ0) is 15.0. The minimum atomic E-state index is -4.44. The molecule has 2 aromatic rings. The Morgan fingerprint density at radius 2 is 2.05 bits per heavy atom. The van der Waals surface area contributed by atoms with E-state index in [2.05, 4.69) is 10.4 Å². The van der Waals surface area contributed by atoms with Crippen molar-refractivity contribution < 1.29 is 17.9 Å². The Balaban J connectivity index is 1.93. The Morgan fingerprint density at radius 3 is 2.71 bits per heavy atom. The molecule has 1 atom stereocenters. The van der Waals surface area contributed by atoms with E-state index < -0.39 is 17.2 Å². The Kier molecular flexibility index (Phi) is 3.70. The lowest BCUT2D eigenvalue weighted by Crippen LogP contribution is -2.28. The lowest BCUT2D eigenvalue weighted by Gasteiger charge is -2.15. The van der Waals surface area contributed by atoms with Crippen LogP contribution in [0.3, 0.4) is 0 Å². The molecule has 1 aliphatic rings. The first-order valence-electron chi connectivity index (χ1n) is 6.17. The fourth-order valence-electron chi connectivity index (χ4n) is 2.27. The fraction of sp³-hybridized carbons (Fsp3) is 0.308. The Bertz CT molecular complexity index is 656. The highest BCUT2D eigenvalue weighted by molar-refractivity contribution is 7.11. The molecule has 0 saturated heterocycles. The second-order valence-corrected chi connectivity index (χ2v) is 5.75. The SMILES string of the molecule is NNC(c1ccc2c(c1)COC2)c1cnc(C(F)(F)F)s1. The number of ether oxygens (including phenoxy) is 1. The van der Waals surface area contributed by atoms with E-state index in [4.69, 9.17) is 10.6 Å². The molecule has 0 fully saturated rings. The number of nitrogens with zero attached hydrogens (tertiary/aromatic N) is 1. The summed E-state index contributed by atoms with van der Waals surface area (Å²) in [6.07, 6.45) is -3.23. The average Bonchev–Trinajstić information content (AvgIpc) is 3.06. The van der Waals surface area contributed by atoms with Crippen LogP contribution in [0.15, 0.2) is 24.4 Å². The number of fused-ring (bicyclic) bond motifs is 1. The summed E-state index contributed by atoms with van der Waals surface area (Å²) in [7, 11) is 0. The van der Waals surface area contributed by atoms with Crippen molar-refractivity contribution in [2.75, 3.05) is 0 Å². The monoisotopic (exact) mass is 315 g/mol. The molecular weight excluding hydrogens is 303 g/mol. The third kappa shape index (κ3) is 2.80. The van der Waals surface area contributed by atoms with Crippen molar-refractivity contribution in [1.82, 2.24) is 10.4 Å². The van der Waals surface area contributed by atoms with Crippen LogP contribution in [-0.2, 0) is 24.1 Å². The molecule has 0 bridgehead atoms. The Labute approximate surface area is 122 Å². The summed E-state index contributed by atoms with van der Waals surface area (Å²) in [4.78, 5) is 3.85. The molecule has 0 amide bonds. The highest BCUT2D eigenvalue weighted by Crippen LogP contribution is 2.36.